The van der Waals surface area contributed by atoms with Gasteiger partial charge in [0.1, 0.15) is 23.0 Å². The molecular weight excluding hydrogens is 509 g/mol. The van der Waals surface area contributed by atoms with Gasteiger partial charge in [-0.15, -0.1) is 11.3 Å². The minimum absolute atomic E-state index is 0.0136. The maximum absolute atomic E-state index is 14.0. The molecular formula is C25H25F3N4O4S. The highest BCUT2D eigenvalue weighted by molar-refractivity contribution is 7.21. The molecule has 4 rings (SSSR count). The summed E-state index contributed by atoms with van der Waals surface area (Å²) in [6.07, 6.45) is -3.84. The molecule has 37 heavy (non-hydrogen) atoms. The first-order chi connectivity index (χ1) is 17.3. The summed E-state index contributed by atoms with van der Waals surface area (Å²) in [5, 5.41) is 2.88. The first-order valence-corrected chi connectivity index (χ1v) is 12.1. The third-order valence-electron chi connectivity index (χ3n) is 5.02. The van der Waals surface area contributed by atoms with Crippen LogP contribution < -0.4 is 14.8 Å². The molecule has 196 valence electrons. The molecule has 2 aromatic carbocycles. The minimum atomic E-state index is -4.65. The fourth-order valence-corrected chi connectivity index (χ4v) is 4.60. The van der Waals surface area contributed by atoms with Gasteiger partial charge in [0, 0.05) is 5.56 Å². The van der Waals surface area contributed by atoms with Gasteiger partial charge in [0.25, 0.3) is 0 Å². The van der Waals surface area contributed by atoms with E-state index in [9.17, 15) is 18.0 Å². The standard InChI is InChI=1S/C25H25F3N4O4S/c1-13-8-15(20-17(9-13)31-19(34-5)12-30-20)22-32-21-16(25(26,27)28)10-14(11-18(21)37-22)35-7-6-29-23(33)36-24(2,3)4/h8-12H,6-7H2,1-5H3,(H,29,33). The van der Waals surface area contributed by atoms with Gasteiger partial charge in [0.2, 0.25) is 5.88 Å². The van der Waals surface area contributed by atoms with Crippen molar-refractivity contribution in [1.82, 2.24) is 20.3 Å². The maximum Gasteiger partial charge on any atom is 0.418 e. The van der Waals surface area contributed by atoms with E-state index in [0.717, 1.165) is 23.0 Å². The molecule has 2 aromatic heterocycles. The number of nitrogens with zero attached hydrogens (tertiary/aromatic N) is 3. The molecule has 8 nitrogen and oxygen atoms in total. The fourth-order valence-electron chi connectivity index (χ4n) is 3.56. The summed E-state index contributed by atoms with van der Waals surface area (Å²) in [4.78, 5) is 24.9. The van der Waals surface area contributed by atoms with Crippen LogP contribution in [0.2, 0.25) is 0 Å². The van der Waals surface area contributed by atoms with Crippen LogP contribution in [0.5, 0.6) is 11.6 Å². The quantitative estimate of drug-likeness (QED) is 0.297. The second-order valence-electron chi connectivity index (χ2n) is 9.20. The Kier molecular flexibility index (Phi) is 7.13. The highest BCUT2D eigenvalue weighted by atomic mass is 32.1. The SMILES string of the molecule is COc1cnc2c(-c3nc4c(C(F)(F)F)cc(OCCNC(=O)OC(C)(C)C)cc4s3)cc(C)cc2n1. The molecule has 4 aromatic rings. The first-order valence-electron chi connectivity index (χ1n) is 11.3. The van der Waals surface area contributed by atoms with Crippen LogP contribution >= 0.6 is 11.3 Å². The monoisotopic (exact) mass is 534 g/mol. The number of rotatable bonds is 6. The minimum Gasteiger partial charge on any atom is -0.492 e. The van der Waals surface area contributed by atoms with Gasteiger partial charge in [-0.3, -0.25) is 0 Å². The average Bonchev–Trinajstić information content (AvgIpc) is 3.22. The lowest BCUT2D eigenvalue weighted by molar-refractivity contribution is -0.136. The number of amides is 1. The number of carbonyl (C=O) groups excluding carboxylic acids is 1. The first kappa shape index (κ1) is 26.4. The van der Waals surface area contributed by atoms with Gasteiger partial charge in [-0.2, -0.15) is 13.2 Å². The molecule has 0 radical (unpaired) electrons. The molecule has 12 heteroatoms. The van der Waals surface area contributed by atoms with E-state index in [1.807, 2.05) is 19.1 Å². The average molecular weight is 535 g/mol. The third-order valence-corrected chi connectivity index (χ3v) is 6.06. The van der Waals surface area contributed by atoms with Crippen LogP contribution in [0.25, 0.3) is 31.8 Å². The van der Waals surface area contributed by atoms with Gasteiger partial charge in [-0.25, -0.2) is 19.7 Å². The molecule has 0 spiro atoms. The number of ether oxygens (including phenoxy) is 3. The number of methoxy groups -OCH3 is 1. The predicted octanol–water partition coefficient (Wildman–Crippen LogP) is 6.15. The summed E-state index contributed by atoms with van der Waals surface area (Å²) in [6.45, 7) is 7.04. The van der Waals surface area contributed by atoms with Crippen LogP contribution in [0.1, 0.15) is 31.9 Å². The van der Waals surface area contributed by atoms with Crippen molar-refractivity contribution in [3.63, 3.8) is 0 Å². The topological polar surface area (TPSA) is 95.5 Å². The fraction of sp³-hybridized carbons (Fsp3) is 0.360. The maximum atomic E-state index is 14.0. The zero-order valence-corrected chi connectivity index (χ0v) is 21.6. The molecule has 0 aliphatic carbocycles. The molecule has 0 saturated heterocycles. The van der Waals surface area contributed by atoms with Crippen LogP contribution in [0.3, 0.4) is 0 Å². The molecule has 0 aliphatic heterocycles. The van der Waals surface area contributed by atoms with Gasteiger partial charge in [-0.1, -0.05) is 0 Å². The van der Waals surface area contributed by atoms with E-state index in [-0.39, 0.29) is 24.4 Å². The number of thiazole rings is 1. The second-order valence-corrected chi connectivity index (χ2v) is 10.2. The van der Waals surface area contributed by atoms with E-state index in [1.165, 1.54) is 19.4 Å². The number of aryl methyl sites for hydroxylation is 1. The summed E-state index contributed by atoms with van der Waals surface area (Å²) < 4.78 is 58.0. The zero-order valence-electron chi connectivity index (χ0n) is 20.8. The Morgan fingerprint density at radius 1 is 1.08 bits per heavy atom. The van der Waals surface area contributed by atoms with Crippen LogP contribution in [0.15, 0.2) is 30.5 Å². The van der Waals surface area contributed by atoms with E-state index in [1.54, 1.807) is 20.8 Å². The van der Waals surface area contributed by atoms with Gasteiger partial charge in [0.15, 0.2) is 0 Å². The number of alkyl halides is 3. The van der Waals surface area contributed by atoms with Crippen molar-refractivity contribution in [2.75, 3.05) is 20.3 Å². The lowest BCUT2D eigenvalue weighted by atomic mass is 10.1. The van der Waals surface area contributed by atoms with Crippen LogP contribution in [0, 0.1) is 6.92 Å². The van der Waals surface area contributed by atoms with Crippen molar-refractivity contribution in [2.45, 2.75) is 39.5 Å². The van der Waals surface area contributed by atoms with Gasteiger partial charge < -0.3 is 19.5 Å². The Balaban J connectivity index is 1.66. The van der Waals surface area contributed by atoms with Crippen molar-refractivity contribution in [3.8, 4) is 22.2 Å². The third kappa shape index (κ3) is 6.19. The molecule has 0 fully saturated rings. The Morgan fingerprint density at radius 2 is 1.84 bits per heavy atom. The molecule has 0 bridgehead atoms. The summed E-state index contributed by atoms with van der Waals surface area (Å²) in [5.41, 5.74) is 0.720. The van der Waals surface area contributed by atoms with Crippen molar-refractivity contribution in [1.29, 1.82) is 0 Å². The highest BCUT2D eigenvalue weighted by Crippen LogP contribution is 2.42. The predicted molar refractivity (Wildman–Crippen MR) is 134 cm³/mol. The Bertz CT molecular complexity index is 1460. The molecule has 2 heterocycles. The Hall–Kier alpha value is -3.67. The van der Waals surface area contributed by atoms with Gasteiger partial charge in [-0.05, 0) is 57.5 Å². The summed E-state index contributed by atoms with van der Waals surface area (Å²) in [5.74, 6) is 0.343. The van der Waals surface area contributed by atoms with Gasteiger partial charge in [0.05, 0.1) is 46.7 Å². The van der Waals surface area contributed by atoms with E-state index in [2.05, 4.69) is 20.3 Å². The van der Waals surface area contributed by atoms with Crippen molar-refractivity contribution in [2.24, 2.45) is 0 Å². The van der Waals surface area contributed by atoms with E-state index < -0.39 is 23.4 Å². The number of benzene rings is 2. The molecule has 0 atom stereocenters. The van der Waals surface area contributed by atoms with Crippen molar-refractivity contribution < 1.29 is 32.2 Å². The lowest BCUT2D eigenvalue weighted by Gasteiger charge is -2.19. The van der Waals surface area contributed by atoms with E-state index in [0.29, 0.717) is 32.2 Å². The lowest BCUT2D eigenvalue weighted by Crippen LogP contribution is -2.34. The molecule has 0 unspecified atom stereocenters. The number of alkyl carbamates (subject to hydrolysis) is 1. The number of fused-ring (bicyclic) bond motifs is 2. The molecule has 1 N–H and O–H groups in total. The van der Waals surface area contributed by atoms with Crippen molar-refractivity contribution in [3.05, 3.63) is 41.6 Å². The summed E-state index contributed by atoms with van der Waals surface area (Å²) >= 11 is 1.10. The summed E-state index contributed by atoms with van der Waals surface area (Å²) in [7, 11) is 1.48. The Labute approximate surface area is 214 Å². The largest absolute Gasteiger partial charge is 0.492 e. The number of nitrogens with one attached hydrogen (secondary N) is 1. The highest BCUT2D eigenvalue weighted by Gasteiger charge is 2.35. The van der Waals surface area contributed by atoms with Crippen LogP contribution in [0.4, 0.5) is 18.0 Å². The zero-order chi connectivity index (χ0) is 27.0. The molecule has 1 amide bonds. The smallest absolute Gasteiger partial charge is 0.418 e. The van der Waals surface area contributed by atoms with E-state index >= 15 is 0 Å². The van der Waals surface area contributed by atoms with E-state index in [4.69, 9.17) is 14.2 Å². The molecule has 0 saturated carbocycles. The van der Waals surface area contributed by atoms with Crippen LogP contribution in [-0.4, -0.2) is 46.9 Å². The molecule has 0 aliphatic rings. The number of hydrogen-bond donors (Lipinski definition) is 1. The van der Waals surface area contributed by atoms with Gasteiger partial charge >= 0.3 is 12.3 Å². The second kappa shape index (κ2) is 10.0. The Morgan fingerprint density at radius 3 is 2.51 bits per heavy atom. The number of hydrogen-bond acceptors (Lipinski definition) is 8. The van der Waals surface area contributed by atoms with Crippen molar-refractivity contribution >= 4 is 38.7 Å². The van der Waals surface area contributed by atoms with Crippen LogP contribution in [-0.2, 0) is 10.9 Å². The number of aromatic nitrogens is 3. The normalized spacial score (nSPS) is 12.1. The summed E-state index contributed by atoms with van der Waals surface area (Å²) in [6, 6.07) is 6.05. The number of halogens is 3. The number of carbonyl (C=O) groups is 1.